The van der Waals surface area contributed by atoms with Crippen LogP contribution in [0.1, 0.15) is 23.7 Å². The van der Waals surface area contributed by atoms with Gasteiger partial charge in [-0.3, -0.25) is 9.59 Å². The van der Waals surface area contributed by atoms with Gasteiger partial charge in [0.15, 0.2) is 0 Å². The molecule has 142 valence electrons. The Kier molecular flexibility index (Phi) is 5.96. The summed E-state index contributed by atoms with van der Waals surface area (Å²) >= 11 is 6.10. The van der Waals surface area contributed by atoms with E-state index in [1.807, 2.05) is 17.9 Å². The maximum atomic E-state index is 13.9. The van der Waals surface area contributed by atoms with Gasteiger partial charge in [0.2, 0.25) is 5.91 Å². The average Bonchev–Trinajstić information content (AvgIpc) is 2.68. The monoisotopic (exact) mass is 389 g/mol. The zero-order valence-corrected chi connectivity index (χ0v) is 15.8. The molecule has 2 amide bonds. The van der Waals surface area contributed by atoms with Gasteiger partial charge in [-0.15, -0.1) is 0 Å². The van der Waals surface area contributed by atoms with E-state index in [9.17, 15) is 14.0 Å². The predicted octanol–water partition coefficient (Wildman–Crippen LogP) is 3.79. The molecule has 0 unspecified atom stereocenters. The van der Waals surface area contributed by atoms with Crippen molar-refractivity contribution >= 4 is 34.8 Å². The summed E-state index contributed by atoms with van der Waals surface area (Å²) in [6.45, 7) is 4.39. The Labute approximate surface area is 162 Å². The van der Waals surface area contributed by atoms with Crippen LogP contribution in [0.2, 0.25) is 5.02 Å². The maximum Gasteiger partial charge on any atom is 0.258 e. The van der Waals surface area contributed by atoms with E-state index in [4.69, 9.17) is 11.6 Å². The number of anilines is 2. The summed E-state index contributed by atoms with van der Waals surface area (Å²) in [6, 6.07) is 11.1. The molecule has 0 atom stereocenters. The predicted molar refractivity (Wildman–Crippen MR) is 105 cm³/mol. The Morgan fingerprint density at radius 2 is 1.81 bits per heavy atom. The van der Waals surface area contributed by atoms with Gasteiger partial charge < -0.3 is 15.1 Å². The van der Waals surface area contributed by atoms with Gasteiger partial charge >= 0.3 is 0 Å². The Bertz CT molecular complexity index is 851. The van der Waals surface area contributed by atoms with E-state index in [1.54, 1.807) is 18.2 Å². The van der Waals surface area contributed by atoms with Crippen molar-refractivity contribution < 1.29 is 14.0 Å². The van der Waals surface area contributed by atoms with E-state index in [2.05, 4.69) is 10.2 Å². The third-order valence-electron chi connectivity index (χ3n) is 4.60. The quantitative estimate of drug-likeness (QED) is 0.865. The van der Waals surface area contributed by atoms with Gasteiger partial charge in [-0.1, -0.05) is 30.7 Å². The fourth-order valence-electron chi connectivity index (χ4n) is 3.14. The summed E-state index contributed by atoms with van der Waals surface area (Å²) in [6.07, 6.45) is 0.491. The number of carbonyl (C=O) groups is 2. The van der Waals surface area contributed by atoms with E-state index in [0.717, 1.165) is 5.69 Å². The molecule has 3 rings (SSSR count). The van der Waals surface area contributed by atoms with Crippen LogP contribution in [-0.2, 0) is 4.79 Å². The van der Waals surface area contributed by atoms with E-state index in [0.29, 0.717) is 43.3 Å². The minimum absolute atomic E-state index is 0.0261. The summed E-state index contributed by atoms with van der Waals surface area (Å²) < 4.78 is 13.9. The number of halogens is 2. The molecule has 1 saturated heterocycles. The summed E-state index contributed by atoms with van der Waals surface area (Å²) in [5.41, 5.74) is 1.29. The molecule has 5 nitrogen and oxygen atoms in total. The molecule has 1 fully saturated rings. The van der Waals surface area contributed by atoms with Crippen LogP contribution in [0, 0.1) is 5.82 Å². The van der Waals surface area contributed by atoms with Crippen LogP contribution in [0.4, 0.5) is 15.8 Å². The molecule has 1 heterocycles. The number of nitrogens with one attached hydrogen (secondary N) is 1. The van der Waals surface area contributed by atoms with E-state index >= 15 is 0 Å². The Morgan fingerprint density at radius 1 is 1.11 bits per heavy atom. The number of hydrogen-bond acceptors (Lipinski definition) is 3. The molecule has 27 heavy (non-hydrogen) atoms. The molecule has 0 aromatic heterocycles. The minimum Gasteiger partial charge on any atom is -0.366 e. The fourth-order valence-corrected chi connectivity index (χ4v) is 3.31. The molecule has 0 bridgehead atoms. The highest BCUT2D eigenvalue weighted by Crippen LogP contribution is 2.30. The topological polar surface area (TPSA) is 52.7 Å². The van der Waals surface area contributed by atoms with Gasteiger partial charge in [0.25, 0.3) is 5.91 Å². The second kappa shape index (κ2) is 8.39. The molecule has 2 aromatic rings. The minimum atomic E-state index is -0.578. The summed E-state index contributed by atoms with van der Waals surface area (Å²) in [5.74, 6) is -0.972. The van der Waals surface area contributed by atoms with Gasteiger partial charge in [0, 0.05) is 37.6 Å². The van der Waals surface area contributed by atoms with Crippen molar-refractivity contribution in [1.82, 2.24) is 4.90 Å². The summed E-state index contributed by atoms with van der Waals surface area (Å²) in [5, 5.41) is 3.24. The van der Waals surface area contributed by atoms with Crippen molar-refractivity contribution in [3.63, 3.8) is 0 Å². The Hall–Kier alpha value is -2.60. The van der Waals surface area contributed by atoms with Gasteiger partial charge in [-0.25, -0.2) is 4.39 Å². The average molecular weight is 390 g/mol. The van der Waals surface area contributed by atoms with Crippen LogP contribution < -0.4 is 10.2 Å². The van der Waals surface area contributed by atoms with Crippen LogP contribution in [0.15, 0.2) is 42.5 Å². The lowest BCUT2D eigenvalue weighted by Crippen LogP contribution is -2.48. The first-order valence-electron chi connectivity index (χ1n) is 8.87. The smallest absolute Gasteiger partial charge is 0.258 e. The Balaban J connectivity index is 1.79. The molecule has 0 spiro atoms. The lowest BCUT2D eigenvalue weighted by molar-refractivity contribution is -0.131. The number of piperazine rings is 1. The second-order valence-electron chi connectivity index (χ2n) is 6.32. The van der Waals surface area contributed by atoms with Crippen molar-refractivity contribution in [1.29, 1.82) is 0 Å². The van der Waals surface area contributed by atoms with E-state index < -0.39 is 11.7 Å². The zero-order chi connectivity index (χ0) is 19.4. The highest BCUT2D eigenvalue weighted by Gasteiger charge is 2.23. The third kappa shape index (κ3) is 4.39. The molecule has 7 heteroatoms. The number of nitrogens with zero attached hydrogens (tertiary/aromatic N) is 2. The summed E-state index contributed by atoms with van der Waals surface area (Å²) in [4.78, 5) is 28.3. The molecule has 0 radical (unpaired) electrons. The van der Waals surface area contributed by atoms with Crippen molar-refractivity contribution in [2.45, 2.75) is 13.3 Å². The molecule has 1 aliphatic rings. The normalized spacial score (nSPS) is 14.2. The first-order chi connectivity index (χ1) is 13.0. The first-order valence-corrected chi connectivity index (χ1v) is 9.25. The second-order valence-corrected chi connectivity index (χ2v) is 6.75. The lowest BCUT2D eigenvalue weighted by Gasteiger charge is -2.37. The zero-order valence-electron chi connectivity index (χ0n) is 15.0. The number of benzene rings is 2. The van der Waals surface area contributed by atoms with Crippen molar-refractivity contribution in [2.24, 2.45) is 0 Å². The van der Waals surface area contributed by atoms with Gasteiger partial charge in [0.05, 0.1) is 16.9 Å². The van der Waals surface area contributed by atoms with E-state index in [-0.39, 0.29) is 11.5 Å². The molecular weight excluding hydrogens is 369 g/mol. The number of amides is 2. The summed E-state index contributed by atoms with van der Waals surface area (Å²) in [7, 11) is 0. The SMILES string of the molecule is CCC(=O)N1CCN(c2ccc(Cl)cc2NC(=O)c2ccccc2F)CC1. The van der Waals surface area contributed by atoms with Crippen LogP contribution in [0.25, 0.3) is 0 Å². The number of rotatable bonds is 4. The maximum absolute atomic E-state index is 13.9. The number of carbonyl (C=O) groups excluding carboxylic acids is 2. The molecule has 1 N–H and O–H groups in total. The highest BCUT2D eigenvalue weighted by molar-refractivity contribution is 6.31. The fraction of sp³-hybridized carbons (Fsp3) is 0.300. The standard InChI is InChI=1S/C20H21ClFN3O2/c1-2-19(26)25-11-9-24(10-12-25)18-8-7-14(21)13-17(18)23-20(27)15-5-3-4-6-16(15)22/h3-8,13H,2,9-12H2,1H3,(H,23,27). The molecule has 0 saturated carbocycles. The van der Waals surface area contributed by atoms with Crippen LogP contribution in [0.3, 0.4) is 0 Å². The van der Waals surface area contributed by atoms with Crippen molar-refractivity contribution in [3.05, 3.63) is 58.9 Å². The van der Waals surface area contributed by atoms with Gasteiger partial charge in [-0.05, 0) is 30.3 Å². The highest BCUT2D eigenvalue weighted by atomic mass is 35.5. The van der Waals surface area contributed by atoms with Gasteiger partial charge in [-0.2, -0.15) is 0 Å². The molecule has 2 aromatic carbocycles. The molecule has 0 aliphatic carbocycles. The van der Waals surface area contributed by atoms with Crippen molar-refractivity contribution in [3.8, 4) is 0 Å². The van der Waals surface area contributed by atoms with Gasteiger partial charge in [0.1, 0.15) is 5.82 Å². The first kappa shape index (κ1) is 19.2. The van der Waals surface area contributed by atoms with Crippen LogP contribution >= 0.6 is 11.6 Å². The molecular formula is C20H21ClFN3O2. The largest absolute Gasteiger partial charge is 0.366 e. The third-order valence-corrected chi connectivity index (χ3v) is 4.84. The molecule has 1 aliphatic heterocycles. The lowest BCUT2D eigenvalue weighted by atomic mass is 10.1. The number of hydrogen-bond donors (Lipinski definition) is 1. The van der Waals surface area contributed by atoms with E-state index in [1.165, 1.54) is 18.2 Å². The Morgan fingerprint density at radius 3 is 2.48 bits per heavy atom. The van der Waals surface area contributed by atoms with Crippen LogP contribution in [0.5, 0.6) is 0 Å². The van der Waals surface area contributed by atoms with Crippen molar-refractivity contribution in [2.75, 3.05) is 36.4 Å². The van der Waals surface area contributed by atoms with Crippen LogP contribution in [-0.4, -0.2) is 42.9 Å².